The Morgan fingerprint density at radius 2 is 1.47 bits per heavy atom. The lowest BCUT2D eigenvalue weighted by molar-refractivity contribution is -0.405. The van der Waals surface area contributed by atoms with Crippen LogP contribution in [0.3, 0.4) is 0 Å². The highest BCUT2D eigenvalue weighted by atomic mass is 16.6. The molecule has 1 aromatic rings. The quantitative estimate of drug-likeness (QED) is 0.651. The lowest BCUT2D eigenvalue weighted by atomic mass is 9.97. The van der Waals surface area contributed by atoms with Gasteiger partial charge in [0.1, 0.15) is 5.56 Å². The molecule has 10 nitrogen and oxygen atoms in total. The Hall–Kier alpha value is -2.78. The first-order valence-electron chi connectivity index (χ1n) is 5.01. The molecule has 0 saturated heterocycles. The summed E-state index contributed by atoms with van der Waals surface area (Å²) in [6.07, 6.45) is 0. The fourth-order valence-electron chi connectivity index (χ4n) is 1.69. The molecule has 0 fully saturated rings. The summed E-state index contributed by atoms with van der Waals surface area (Å²) in [6.45, 7) is 2.89. The number of phenols is 1. The molecule has 0 aromatic heterocycles. The van der Waals surface area contributed by atoms with Crippen LogP contribution in [0.1, 0.15) is 25.3 Å². The van der Waals surface area contributed by atoms with Crippen molar-refractivity contribution < 1.29 is 19.9 Å². The molecule has 0 unspecified atom stereocenters. The predicted molar refractivity (Wildman–Crippen MR) is 62.2 cm³/mol. The third-order valence-corrected chi connectivity index (χ3v) is 2.42. The van der Waals surface area contributed by atoms with Gasteiger partial charge in [0.15, 0.2) is 0 Å². The van der Waals surface area contributed by atoms with Gasteiger partial charge in [0.05, 0.1) is 20.8 Å². The topological polar surface area (TPSA) is 150 Å². The van der Waals surface area contributed by atoms with Crippen LogP contribution in [0.15, 0.2) is 6.07 Å². The predicted octanol–water partition coefficient (Wildman–Crippen LogP) is 2.24. The van der Waals surface area contributed by atoms with Crippen molar-refractivity contribution >= 4 is 17.1 Å². The second-order valence-corrected chi connectivity index (χ2v) is 3.95. The van der Waals surface area contributed by atoms with Crippen LogP contribution in [0.2, 0.25) is 0 Å². The van der Waals surface area contributed by atoms with Crippen LogP contribution in [-0.2, 0) is 0 Å². The minimum atomic E-state index is -1.18. The Labute approximate surface area is 105 Å². The van der Waals surface area contributed by atoms with Crippen molar-refractivity contribution in [3.8, 4) is 5.75 Å². The van der Waals surface area contributed by atoms with Gasteiger partial charge in [-0.25, -0.2) is 0 Å². The lowest BCUT2D eigenvalue weighted by Crippen LogP contribution is -2.05. The molecule has 0 radical (unpaired) electrons. The van der Waals surface area contributed by atoms with Gasteiger partial charge in [-0.15, -0.1) is 0 Å². The summed E-state index contributed by atoms with van der Waals surface area (Å²) in [5, 5.41) is 42.0. The lowest BCUT2D eigenvalue weighted by Gasteiger charge is -2.08. The minimum absolute atomic E-state index is 0.349. The summed E-state index contributed by atoms with van der Waals surface area (Å²) in [6, 6.07) is 0.525. The van der Waals surface area contributed by atoms with Crippen molar-refractivity contribution in [1.29, 1.82) is 0 Å². The molecule has 0 aliphatic carbocycles. The number of aromatic hydroxyl groups is 1. The number of rotatable bonds is 4. The number of nitrogens with zero attached hydrogens (tertiary/aromatic N) is 3. The normalized spacial score (nSPS) is 10.5. The number of nitro groups is 3. The maximum Gasteiger partial charge on any atom is 0.328 e. The van der Waals surface area contributed by atoms with E-state index in [1.54, 1.807) is 0 Å². The van der Waals surface area contributed by atoms with E-state index in [4.69, 9.17) is 0 Å². The van der Waals surface area contributed by atoms with Crippen LogP contribution in [-0.4, -0.2) is 19.9 Å². The fraction of sp³-hybridized carbons (Fsp3) is 0.333. The van der Waals surface area contributed by atoms with Crippen LogP contribution in [0.5, 0.6) is 5.75 Å². The van der Waals surface area contributed by atoms with E-state index in [0.717, 1.165) is 0 Å². The van der Waals surface area contributed by atoms with Crippen LogP contribution < -0.4 is 0 Å². The number of hydrogen-bond acceptors (Lipinski definition) is 7. The maximum absolute atomic E-state index is 10.9. The molecule has 0 amide bonds. The average molecular weight is 271 g/mol. The van der Waals surface area contributed by atoms with E-state index in [0.29, 0.717) is 6.07 Å². The number of hydrogen-bond donors (Lipinski definition) is 1. The maximum atomic E-state index is 10.9. The average Bonchev–Trinajstić information content (AvgIpc) is 2.26. The van der Waals surface area contributed by atoms with Gasteiger partial charge >= 0.3 is 11.4 Å². The Morgan fingerprint density at radius 1 is 1.00 bits per heavy atom. The number of phenolic OH excluding ortho intramolecular Hbond substituents is 1. The van der Waals surface area contributed by atoms with Crippen molar-refractivity contribution in [1.82, 2.24) is 0 Å². The van der Waals surface area contributed by atoms with Gasteiger partial charge < -0.3 is 5.11 Å². The van der Waals surface area contributed by atoms with Crippen molar-refractivity contribution in [3.63, 3.8) is 0 Å². The Morgan fingerprint density at radius 3 is 1.79 bits per heavy atom. The van der Waals surface area contributed by atoms with E-state index in [1.807, 2.05) is 0 Å². The molecule has 1 N–H and O–H groups in total. The van der Waals surface area contributed by atoms with Crippen molar-refractivity contribution in [2.75, 3.05) is 0 Å². The highest BCUT2D eigenvalue weighted by Gasteiger charge is 2.37. The summed E-state index contributed by atoms with van der Waals surface area (Å²) in [7, 11) is 0. The number of nitro benzene ring substituents is 3. The van der Waals surface area contributed by atoms with E-state index in [9.17, 15) is 35.4 Å². The first kappa shape index (κ1) is 14.3. The Balaban J connectivity index is 3.89. The van der Waals surface area contributed by atoms with E-state index in [1.165, 1.54) is 13.8 Å². The van der Waals surface area contributed by atoms with E-state index in [2.05, 4.69) is 0 Å². The molecule has 0 aliphatic heterocycles. The third-order valence-electron chi connectivity index (χ3n) is 2.42. The monoisotopic (exact) mass is 271 g/mol. The molecule has 0 saturated carbocycles. The summed E-state index contributed by atoms with van der Waals surface area (Å²) < 4.78 is 0. The second kappa shape index (κ2) is 4.84. The molecule has 0 atom stereocenters. The zero-order chi connectivity index (χ0) is 14.9. The molecule has 102 valence electrons. The van der Waals surface area contributed by atoms with Gasteiger partial charge in [-0.1, -0.05) is 13.8 Å². The molecule has 19 heavy (non-hydrogen) atoms. The Bertz CT molecular complexity index is 582. The molecule has 0 heterocycles. The molecule has 10 heteroatoms. The van der Waals surface area contributed by atoms with E-state index < -0.39 is 43.5 Å². The zero-order valence-electron chi connectivity index (χ0n) is 9.89. The van der Waals surface area contributed by atoms with Crippen LogP contribution in [0, 0.1) is 30.3 Å². The smallest absolute Gasteiger partial charge is 0.328 e. The summed E-state index contributed by atoms with van der Waals surface area (Å²) in [5.41, 5.74) is -3.18. The highest BCUT2D eigenvalue weighted by molar-refractivity contribution is 5.71. The van der Waals surface area contributed by atoms with Gasteiger partial charge in [-0.05, 0) is 5.92 Å². The molecule has 0 spiro atoms. The van der Waals surface area contributed by atoms with Gasteiger partial charge in [-0.3, -0.25) is 30.3 Å². The van der Waals surface area contributed by atoms with Gasteiger partial charge in [0, 0.05) is 0 Å². The summed E-state index contributed by atoms with van der Waals surface area (Å²) in [4.78, 5) is 29.3. The van der Waals surface area contributed by atoms with Crippen LogP contribution >= 0.6 is 0 Å². The molecule has 1 aromatic carbocycles. The van der Waals surface area contributed by atoms with Gasteiger partial charge in [0.2, 0.25) is 0 Å². The van der Waals surface area contributed by atoms with Crippen molar-refractivity contribution in [2.24, 2.45) is 0 Å². The van der Waals surface area contributed by atoms with Gasteiger partial charge in [0.25, 0.3) is 11.4 Å². The third kappa shape index (κ3) is 2.41. The highest BCUT2D eigenvalue weighted by Crippen LogP contribution is 2.46. The molecule has 1 rings (SSSR count). The largest absolute Gasteiger partial charge is 0.497 e. The summed E-state index contributed by atoms with van der Waals surface area (Å²) in [5.74, 6) is -1.84. The second-order valence-electron chi connectivity index (χ2n) is 3.95. The summed E-state index contributed by atoms with van der Waals surface area (Å²) >= 11 is 0. The fourth-order valence-corrected chi connectivity index (χ4v) is 1.69. The van der Waals surface area contributed by atoms with Crippen molar-refractivity contribution in [2.45, 2.75) is 19.8 Å². The zero-order valence-corrected chi connectivity index (χ0v) is 9.89. The van der Waals surface area contributed by atoms with Crippen LogP contribution in [0.25, 0.3) is 0 Å². The minimum Gasteiger partial charge on any atom is -0.497 e. The van der Waals surface area contributed by atoms with Crippen molar-refractivity contribution in [3.05, 3.63) is 42.0 Å². The molecular weight excluding hydrogens is 262 g/mol. The van der Waals surface area contributed by atoms with E-state index >= 15 is 0 Å². The first-order valence-corrected chi connectivity index (χ1v) is 5.01. The van der Waals surface area contributed by atoms with E-state index in [-0.39, 0.29) is 5.56 Å². The molecule has 0 bridgehead atoms. The SMILES string of the molecule is CC(C)c1c([N+](=O)[O-])cc([N+](=O)[O-])c(O)c1[N+](=O)[O-]. The van der Waals surface area contributed by atoms with Crippen LogP contribution in [0.4, 0.5) is 17.1 Å². The first-order chi connectivity index (χ1) is 8.68. The molecule has 0 aliphatic rings. The number of benzene rings is 1. The molecular formula is C9H9N3O7. The Kier molecular flexibility index (Phi) is 3.64. The standard InChI is InChI=1S/C9H9N3O7/c1-4(2)7-5(10(14)15)3-6(11(16)17)9(13)8(7)12(18)19/h3-4,13H,1-2H3. The van der Waals surface area contributed by atoms with Gasteiger partial charge in [-0.2, -0.15) is 0 Å².